The van der Waals surface area contributed by atoms with E-state index in [1.165, 1.54) is 28.0 Å². The summed E-state index contributed by atoms with van der Waals surface area (Å²) in [4.78, 5) is 60.7. The van der Waals surface area contributed by atoms with Gasteiger partial charge in [-0.15, -0.1) is 0 Å². The summed E-state index contributed by atoms with van der Waals surface area (Å²) < 4.78 is 0. The maximum atomic E-state index is 13.9. The van der Waals surface area contributed by atoms with Crippen molar-refractivity contribution in [1.29, 1.82) is 0 Å². The number of rotatable bonds is 7. The third kappa shape index (κ3) is 4.85. The first-order valence-electron chi connectivity index (χ1n) is 13.1. The molecule has 0 aromatic heterocycles. The van der Waals surface area contributed by atoms with Crippen molar-refractivity contribution in [2.45, 2.75) is 6.61 Å². The molecule has 0 unspecified atom stereocenters. The second-order valence-electron chi connectivity index (χ2n) is 10.6. The summed E-state index contributed by atoms with van der Waals surface area (Å²) in [6.45, 7) is 0.846. The van der Waals surface area contributed by atoms with Crippen molar-refractivity contribution in [2.24, 2.45) is 0 Å². The van der Waals surface area contributed by atoms with Gasteiger partial charge in [0.05, 0.1) is 12.2 Å². The molecule has 3 aromatic rings. The van der Waals surface area contributed by atoms with Crippen molar-refractivity contribution in [1.82, 2.24) is 19.6 Å². The molecule has 41 heavy (non-hydrogen) atoms. The van der Waals surface area contributed by atoms with Crippen LogP contribution >= 0.6 is 0 Å². The van der Waals surface area contributed by atoms with Crippen LogP contribution in [-0.2, 0) is 6.61 Å². The number of carbonyl (C=O) groups is 4. The Balaban J connectivity index is 1.75. The van der Waals surface area contributed by atoms with Gasteiger partial charge in [0, 0.05) is 70.3 Å². The SMILES string of the molecule is CN(C)CCN1C(=O)c2ccc3c4c(c(C#Cc5ccc(O)c(CO)c5)cc(c24)C1=O)C(=O)N(CCN(C)C)C3=O. The van der Waals surface area contributed by atoms with Crippen LogP contribution in [0.25, 0.3) is 10.8 Å². The smallest absolute Gasteiger partial charge is 0.262 e. The van der Waals surface area contributed by atoms with E-state index in [1.54, 1.807) is 18.2 Å². The fourth-order valence-electron chi connectivity index (χ4n) is 5.10. The number of benzene rings is 3. The lowest BCUT2D eigenvalue weighted by atomic mass is 9.83. The van der Waals surface area contributed by atoms with E-state index in [0.717, 1.165) is 0 Å². The molecule has 0 spiro atoms. The normalized spacial score (nSPS) is 14.4. The van der Waals surface area contributed by atoms with Crippen molar-refractivity contribution in [3.05, 3.63) is 75.3 Å². The Bertz CT molecular complexity index is 1700. The number of hydrogen-bond acceptors (Lipinski definition) is 8. The van der Waals surface area contributed by atoms with Crippen LogP contribution in [0.4, 0.5) is 0 Å². The van der Waals surface area contributed by atoms with Crippen LogP contribution in [0.15, 0.2) is 36.4 Å². The quantitative estimate of drug-likeness (QED) is 0.335. The lowest BCUT2D eigenvalue weighted by Gasteiger charge is -2.33. The van der Waals surface area contributed by atoms with E-state index in [9.17, 15) is 29.4 Å². The molecule has 210 valence electrons. The van der Waals surface area contributed by atoms with Crippen LogP contribution in [0.5, 0.6) is 5.75 Å². The molecule has 0 aliphatic carbocycles. The van der Waals surface area contributed by atoms with Gasteiger partial charge in [-0.25, -0.2) is 0 Å². The van der Waals surface area contributed by atoms with Crippen molar-refractivity contribution >= 4 is 34.4 Å². The number of amides is 4. The number of nitrogens with zero attached hydrogens (tertiary/aromatic N) is 4. The van der Waals surface area contributed by atoms with E-state index >= 15 is 0 Å². The van der Waals surface area contributed by atoms with Gasteiger partial charge in [0.2, 0.25) is 0 Å². The third-order valence-electron chi connectivity index (χ3n) is 7.30. The van der Waals surface area contributed by atoms with E-state index in [1.807, 2.05) is 38.0 Å². The van der Waals surface area contributed by atoms with Crippen LogP contribution in [0, 0.1) is 11.8 Å². The monoisotopic (exact) mass is 554 g/mol. The van der Waals surface area contributed by atoms with Crippen LogP contribution in [0.2, 0.25) is 0 Å². The van der Waals surface area contributed by atoms with Gasteiger partial charge < -0.3 is 20.0 Å². The summed E-state index contributed by atoms with van der Waals surface area (Å²) >= 11 is 0. The van der Waals surface area contributed by atoms with Gasteiger partial charge in [0.1, 0.15) is 5.75 Å². The molecule has 0 radical (unpaired) electrons. The second kappa shape index (κ2) is 10.8. The van der Waals surface area contributed by atoms with E-state index in [2.05, 4.69) is 11.8 Å². The van der Waals surface area contributed by atoms with Crippen molar-refractivity contribution in [3.8, 4) is 17.6 Å². The molecule has 0 fully saturated rings. The minimum atomic E-state index is -0.547. The summed E-state index contributed by atoms with van der Waals surface area (Å²) in [5, 5.41) is 20.0. The Morgan fingerprint density at radius 1 is 0.707 bits per heavy atom. The average Bonchev–Trinajstić information content (AvgIpc) is 2.93. The summed E-state index contributed by atoms with van der Waals surface area (Å²) in [5.41, 5.74) is 1.86. The van der Waals surface area contributed by atoms with E-state index in [0.29, 0.717) is 29.6 Å². The van der Waals surface area contributed by atoms with E-state index < -0.39 is 23.6 Å². The minimum Gasteiger partial charge on any atom is -0.508 e. The zero-order chi connectivity index (χ0) is 29.6. The molecule has 10 nitrogen and oxygen atoms in total. The van der Waals surface area contributed by atoms with Crippen LogP contribution in [-0.4, -0.2) is 108 Å². The second-order valence-corrected chi connectivity index (χ2v) is 10.6. The lowest BCUT2D eigenvalue weighted by Crippen LogP contribution is -2.46. The summed E-state index contributed by atoms with van der Waals surface area (Å²) in [6, 6.07) is 9.15. The largest absolute Gasteiger partial charge is 0.508 e. The Hall–Kier alpha value is -4.56. The van der Waals surface area contributed by atoms with Gasteiger partial charge in [0.15, 0.2) is 0 Å². The van der Waals surface area contributed by atoms with Crippen LogP contribution < -0.4 is 0 Å². The fraction of sp³-hybridized carbons (Fsp3) is 0.290. The highest BCUT2D eigenvalue weighted by atomic mass is 16.3. The van der Waals surface area contributed by atoms with Crippen LogP contribution in [0.1, 0.15) is 58.1 Å². The van der Waals surface area contributed by atoms with Crippen LogP contribution in [0.3, 0.4) is 0 Å². The molecule has 5 rings (SSSR count). The Kier molecular flexibility index (Phi) is 7.36. The van der Waals surface area contributed by atoms with Gasteiger partial charge in [-0.05, 0) is 64.6 Å². The molecular formula is C31H30N4O6. The molecule has 0 saturated heterocycles. The maximum Gasteiger partial charge on any atom is 0.262 e. The van der Waals surface area contributed by atoms with E-state index in [-0.39, 0.29) is 58.6 Å². The lowest BCUT2D eigenvalue weighted by molar-refractivity contribution is 0.0579. The molecule has 0 saturated carbocycles. The number of imide groups is 2. The van der Waals surface area contributed by atoms with E-state index in [4.69, 9.17) is 0 Å². The standard InChI is InChI=1S/C31H30N4O6/c1-32(2)11-13-34-28(38)21-8-9-22-27-25(31(41)35(29(22)39)14-12-33(3)4)19(16-23(26(21)27)30(34)40)7-5-18-6-10-24(37)20(15-18)17-36/h6,8-10,15-16,36-37H,11-14,17H2,1-4H3. The molecule has 3 aromatic carbocycles. The topological polar surface area (TPSA) is 122 Å². The Labute approximate surface area is 237 Å². The zero-order valence-corrected chi connectivity index (χ0v) is 23.3. The number of hydrogen-bond donors (Lipinski definition) is 2. The number of likely N-dealkylation sites (N-methyl/N-ethyl adjacent to an activating group) is 2. The van der Waals surface area contributed by atoms with Gasteiger partial charge in [-0.2, -0.15) is 0 Å². The fourth-order valence-corrected chi connectivity index (χ4v) is 5.10. The predicted octanol–water partition coefficient (Wildman–Crippen LogP) is 1.75. The van der Waals surface area contributed by atoms with Gasteiger partial charge in [0.25, 0.3) is 23.6 Å². The number of aliphatic hydroxyl groups excluding tert-OH is 1. The highest BCUT2D eigenvalue weighted by Crippen LogP contribution is 2.39. The number of phenols is 1. The van der Waals surface area contributed by atoms with Gasteiger partial charge in [-0.1, -0.05) is 11.8 Å². The molecule has 10 heteroatoms. The Morgan fingerprint density at radius 3 is 1.85 bits per heavy atom. The maximum absolute atomic E-state index is 13.9. The highest BCUT2D eigenvalue weighted by molar-refractivity contribution is 6.34. The molecule has 2 N–H and O–H groups in total. The number of aliphatic hydroxyl groups is 1. The highest BCUT2D eigenvalue weighted by Gasteiger charge is 2.41. The molecule has 0 atom stereocenters. The summed E-state index contributed by atoms with van der Waals surface area (Å²) in [7, 11) is 7.37. The van der Waals surface area contributed by atoms with Gasteiger partial charge in [-0.3, -0.25) is 29.0 Å². The number of aromatic hydroxyl groups is 1. The summed E-state index contributed by atoms with van der Waals surface area (Å²) in [5.74, 6) is 3.87. The van der Waals surface area contributed by atoms with Crippen molar-refractivity contribution < 1.29 is 29.4 Å². The first-order valence-corrected chi connectivity index (χ1v) is 13.1. The third-order valence-corrected chi connectivity index (χ3v) is 7.30. The van der Waals surface area contributed by atoms with Gasteiger partial charge >= 0.3 is 0 Å². The summed E-state index contributed by atoms with van der Waals surface area (Å²) in [6.07, 6.45) is 0. The minimum absolute atomic E-state index is 0.0706. The first-order chi connectivity index (χ1) is 19.5. The zero-order valence-electron chi connectivity index (χ0n) is 23.3. The first kappa shape index (κ1) is 28.0. The molecule has 0 bridgehead atoms. The molecule has 2 aliphatic rings. The van der Waals surface area contributed by atoms with Crippen molar-refractivity contribution in [2.75, 3.05) is 54.4 Å². The predicted molar refractivity (Wildman–Crippen MR) is 152 cm³/mol. The number of carbonyl (C=O) groups excluding carboxylic acids is 4. The Morgan fingerprint density at radius 2 is 1.27 bits per heavy atom. The molecule has 4 amide bonds. The van der Waals surface area contributed by atoms with Crippen molar-refractivity contribution in [3.63, 3.8) is 0 Å². The average molecular weight is 555 g/mol. The molecule has 2 heterocycles. The molecule has 2 aliphatic heterocycles. The molecular weight excluding hydrogens is 524 g/mol.